The van der Waals surface area contributed by atoms with Crippen molar-refractivity contribution in [1.29, 1.82) is 0 Å². The van der Waals surface area contributed by atoms with Gasteiger partial charge in [0, 0.05) is 19.1 Å². The van der Waals surface area contributed by atoms with E-state index in [1.54, 1.807) is 5.57 Å². The standard InChI is InChI=1S/C25H34N2O/c1-2-6-22-18-13-24(20-7-4-3-5-8-20)14-19(22)16-25(15-18,17-24)23(28)27-11-9-21(26)10-12-27/h3-8,18-19,21H,2,9-17,26H2,1H3. The van der Waals surface area contributed by atoms with Gasteiger partial charge in [-0.05, 0) is 74.2 Å². The Morgan fingerprint density at radius 2 is 1.75 bits per heavy atom. The molecular weight excluding hydrogens is 344 g/mol. The topological polar surface area (TPSA) is 46.3 Å². The lowest BCUT2D eigenvalue weighted by Gasteiger charge is -2.63. The molecule has 1 aromatic rings. The van der Waals surface area contributed by atoms with Gasteiger partial charge >= 0.3 is 0 Å². The molecule has 4 aliphatic carbocycles. The van der Waals surface area contributed by atoms with Crippen molar-refractivity contribution in [2.24, 2.45) is 23.0 Å². The number of amides is 1. The number of carbonyl (C=O) groups excluding carboxylic acids is 1. The van der Waals surface area contributed by atoms with Crippen molar-refractivity contribution in [3.63, 3.8) is 0 Å². The van der Waals surface area contributed by atoms with Crippen LogP contribution in [0.25, 0.3) is 0 Å². The van der Waals surface area contributed by atoms with Gasteiger partial charge < -0.3 is 10.6 Å². The first-order chi connectivity index (χ1) is 13.6. The zero-order valence-corrected chi connectivity index (χ0v) is 17.2. The fourth-order valence-electron chi connectivity index (χ4n) is 7.33. The normalized spacial score (nSPS) is 37.4. The molecule has 4 saturated carbocycles. The first kappa shape index (κ1) is 18.4. The van der Waals surface area contributed by atoms with E-state index in [2.05, 4.69) is 48.2 Å². The molecule has 0 radical (unpaired) electrons. The molecule has 1 amide bonds. The molecule has 1 aromatic carbocycles. The van der Waals surface area contributed by atoms with Gasteiger partial charge in [-0.15, -0.1) is 0 Å². The minimum absolute atomic E-state index is 0.145. The molecule has 3 nitrogen and oxygen atoms in total. The second kappa shape index (κ2) is 6.73. The number of piperidine rings is 1. The summed E-state index contributed by atoms with van der Waals surface area (Å²) in [6.07, 6.45) is 11.2. The molecule has 1 saturated heterocycles. The van der Waals surface area contributed by atoms with Gasteiger partial charge in [-0.1, -0.05) is 48.9 Å². The molecule has 28 heavy (non-hydrogen) atoms. The number of benzene rings is 1. The van der Waals surface area contributed by atoms with E-state index in [9.17, 15) is 4.79 Å². The lowest BCUT2D eigenvalue weighted by atomic mass is 9.41. The number of nitrogens with zero attached hydrogens (tertiary/aromatic N) is 1. The maximum absolute atomic E-state index is 13.9. The van der Waals surface area contributed by atoms with Crippen molar-refractivity contribution in [3.8, 4) is 0 Å². The van der Waals surface area contributed by atoms with Gasteiger partial charge in [0.15, 0.2) is 0 Å². The number of hydrogen-bond donors (Lipinski definition) is 1. The van der Waals surface area contributed by atoms with Crippen molar-refractivity contribution in [2.75, 3.05) is 13.1 Å². The molecule has 0 aromatic heterocycles. The van der Waals surface area contributed by atoms with E-state index in [1.807, 2.05) is 0 Å². The molecule has 1 aliphatic heterocycles. The zero-order chi connectivity index (χ0) is 19.4. The lowest BCUT2D eigenvalue weighted by molar-refractivity contribution is -0.156. The third-order valence-electron chi connectivity index (χ3n) is 8.27. The summed E-state index contributed by atoms with van der Waals surface area (Å²) in [6.45, 7) is 3.96. The molecule has 1 heterocycles. The Morgan fingerprint density at radius 3 is 2.36 bits per heavy atom. The highest BCUT2D eigenvalue weighted by Crippen LogP contribution is 2.67. The van der Waals surface area contributed by atoms with Gasteiger partial charge in [0.1, 0.15) is 0 Å². The van der Waals surface area contributed by atoms with Crippen LogP contribution < -0.4 is 5.73 Å². The van der Waals surface area contributed by atoms with Crippen molar-refractivity contribution in [3.05, 3.63) is 47.5 Å². The highest BCUT2D eigenvalue weighted by molar-refractivity contribution is 5.84. The van der Waals surface area contributed by atoms with Gasteiger partial charge in [-0.3, -0.25) is 4.79 Å². The van der Waals surface area contributed by atoms with E-state index in [-0.39, 0.29) is 16.9 Å². The van der Waals surface area contributed by atoms with Crippen LogP contribution >= 0.6 is 0 Å². The molecular formula is C25H34N2O. The number of rotatable bonds is 3. The molecule has 5 aliphatic rings. The minimum atomic E-state index is -0.145. The first-order valence-electron chi connectivity index (χ1n) is 11.4. The number of carbonyl (C=O) groups is 1. The summed E-state index contributed by atoms with van der Waals surface area (Å²) in [6, 6.07) is 11.4. The maximum Gasteiger partial charge on any atom is 0.228 e. The Hall–Kier alpha value is -1.61. The Kier molecular flexibility index (Phi) is 4.42. The molecule has 6 rings (SSSR count). The summed E-state index contributed by atoms with van der Waals surface area (Å²) in [7, 11) is 0. The summed E-state index contributed by atoms with van der Waals surface area (Å²) >= 11 is 0. The van der Waals surface area contributed by atoms with E-state index in [0.717, 1.165) is 51.6 Å². The Bertz CT molecular complexity index is 757. The highest BCUT2D eigenvalue weighted by Gasteiger charge is 2.63. The fraction of sp³-hybridized carbons (Fsp3) is 0.640. The predicted octanol–water partition coefficient (Wildman–Crippen LogP) is 4.42. The molecule has 2 atom stereocenters. The molecule has 4 bridgehead atoms. The number of nitrogens with two attached hydrogens (primary N) is 1. The number of likely N-dealkylation sites (tertiary alicyclic amines) is 1. The van der Waals surface area contributed by atoms with Crippen LogP contribution in [-0.2, 0) is 10.2 Å². The van der Waals surface area contributed by atoms with Crippen molar-refractivity contribution < 1.29 is 4.79 Å². The largest absolute Gasteiger partial charge is 0.342 e. The van der Waals surface area contributed by atoms with Crippen molar-refractivity contribution >= 4 is 5.91 Å². The quantitative estimate of drug-likeness (QED) is 0.792. The van der Waals surface area contributed by atoms with Gasteiger partial charge in [0.2, 0.25) is 5.91 Å². The summed E-state index contributed by atoms with van der Waals surface area (Å²) in [5, 5.41) is 0. The minimum Gasteiger partial charge on any atom is -0.342 e. The summed E-state index contributed by atoms with van der Waals surface area (Å²) in [4.78, 5) is 16.0. The fourth-order valence-corrected chi connectivity index (χ4v) is 7.33. The molecule has 2 unspecified atom stereocenters. The predicted molar refractivity (Wildman–Crippen MR) is 113 cm³/mol. The highest BCUT2D eigenvalue weighted by atomic mass is 16.2. The average molecular weight is 379 g/mol. The second-order valence-electron chi connectivity index (χ2n) is 10.1. The van der Waals surface area contributed by atoms with E-state index in [0.29, 0.717) is 17.7 Å². The van der Waals surface area contributed by atoms with Crippen LogP contribution in [0.4, 0.5) is 0 Å². The summed E-state index contributed by atoms with van der Waals surface area (Å²) in [5.41, 5.74) is 9.31. The van der Waals surface area contributed by atoms with Crippen LogP contribution in [0.2, 0.25) is 0 Å². The van der Waals surface area contributed by atoms with Gasteiger partial charge in [0.05, 0.1) is 5.41 Å². The molecule has 5 fully saturated rings. The third kappa shape index (κ3) is 2.77. The molecule has 150 valence electrons. The summed E-state index contributed by atoms with van der Waals surface area (Å²) < 4.78 is 0. The SMILES string of the molecule is CCC=C1C2CC3(C(=O)N4CCC(N)CC4)CC1CC(c1ccccc1)(C2)C3. The van der Waals surface area contributed by atoms with E-state index < -0.39 is 0 Å². The summed E-state index contributed by atoms with van der Waals surface area (Å²) in [5.74, 6) is 1.64. The Labute approximate surface area is 169 Å². The Balaban J connectivity index is 1.51. The van der Waals surface area contributed by atoms with Crippen LogP contribution in [0.5, 0.6) is 0 Å². The van der Waals surface area contributed by atoms with Gasteiger partial charge in [-0.2, -0.15) is 0 Å². The van der Waals surface area contributed by atoms with E-state index in [4.69, 9.17) is 5.73 Å². The van der Waals surface area contributed by atoms with E-state index in [1.165, 1.54) is 18.4 Å². The van der Waals surface area contributed by atoms with Crippen LogP contribution in [0.1, 0.15) is 63.9 Å². The van der Waals surface area contributed by atoms with Gasteiger partial charge in [0.25, 0.3) is 0 Å². The maximum atomic E-state index is 13.9. The van der Waals surface area contributed by atoms with Crippen LogP contribution in [0, 0.1) is 17.3 Å². The molecule has 0 spiro atoms. The van der Waals surface area contributed by atoms with Crippen LogP contribution in [-0.4, -0.2) is 29.9 Å². The zero-order valence-electron chi connectivity index (χ0n) is 17.2. The van der Waals surface area contributed by atoms with Gasteiger partial charge in [-0.25, -0.2) is 0 Å². The average Bonchev–Trinajstić information content (AvgIpc) is 2.71. The van der Waals surface area contributed by atoms with Crippen LogP contribution in [0.15, 0.2) is 42.0 Å². The van der Waals surface area contributed by atoms with Crippen molar-refractivity contribution in [2.45, 2.75) is 69.7 Å². The number of allylic oxidation sites excluding steroid dienone is 2. The Morgan fingerprint density at radius 1 is 1.11 bits per heavy atom. The number of hydrogen-bond acceptors (Lipinski definition) is 2. The van der Waals surface area contributed by atoms with E-state index >= 15 is 0 Å². The first-order valence-corrected chi connectivity index (χ1v) is 11.4. The molecule has 3 heteroatoms. The second-order valence-corrected chi connectivity index (χ2v) is 10.1. The van der Waals surface area contributed by atoms with Crippen LogP contribution in [0.3, 0.4) is 0 Å². The lowest BCUT2D eigenvalue weighted by Crippen LogP contribution is -2.61. The van der Waals surface area contributed by atoms with Crippen molar-refractivity contribution in [1.82, 2.24) is 4.90 Å². The molecule has 2 N–H and O–H groups in total. The third-order valence-corrected chi connectivity index (χ3v) is 8.27. The monoisotopic (exact) mass is 378 g/mol. The smallest absolute Gasteiger partial charge is 0.228 e.